The molecule has 0 saturated heterocycles. The number of hydrogen-bond donors (Lipinski definition) is 0. The number of hydrogen-bond acceptors (Lipinski definition) is 7. The molecule has 1 atom stereocenters. The minimum atomic E-state index is -2.13. The Morgan fingerprint density at radius 3 is 1.76 bits per heavy atom. The topological polar surface area (TPSA) is 96.0 Å². The number of carbonyl (C=O) groups is 4. The summed E-state index contributed by atoms with van der Waals surface area (Å²) < 4.78 is 15.2. The summed E-state index contributed by atoms with van der Waals surface area (Å²) in [6.07, 6.45) is 0. The molecule has 7 heteroatoms. The summed E-state index contributed by atoms with van der Waals surface area (Å²) in [5, 5.41) is 0. The van der Waals surface area contributed by atoms with Crippen LogP contribution >= 0.6 is 0 Å². The maximum Gasteiger partial charge on any atom is 0.325 e. The molecule has 0 N–H and O–H groups in total. The predicted molar refractivity (Wildman–Crippen MR) is 99.7 cm³/mol. The van der Waals surface area contributed by atoms with E-state index in [4.69, 9.17) is 14.2 Å². The van der Waals surface area contributed by atoms with Gasteiger partial charge in [-0.25, -0.2) is 0 Å². The lowest BCUT2D eigenvalue weighted by Crippen LogP contribution is -2.39. The lowest BCUT2D eigenvalue weighted by molar-refractivity contribution is -0.162. The van der Waals surface area contributed by atoms with Gasteiger partial charge in [0, 0.05) is 22.6 Å². The van der Waals surface area contributed by atoms with E-state index in [2.05, 4.69) is 0 Å². The van der Waals surface area contributed by atoms with Gasteiger partial charge in [0.05, 0.1) is 21.3 Å². The Morgan fingerprint density at radius 2 is 1.28 bits per heavy atom. The van der Waals surface area contributed by atoms with E-state index in [1.165, 1.54) is 19.2 Å². The van der Waals surface area contributed by atoms with E-state index < -0.39 is 40.3 Å². The number of methoxy groups -OCH3 is 3. The molecule has 0 unspecified atom stereocenters. The molecular formula is C22H18O7. The number of ether oxygens (including phenoxy) is 3. The number of esters is 2. The molecule has 2 aliphatic carbocycles. The zero-order valence-electron chi connectivity index (χ0n) is 16.1. The number of ketones is 2. The first-order valence-electron chi connectivity index (χ1n) is 8.92. The van der Waals surface area contributed by atoms with Crippen LogP contribution in [-0.4, -0.2) is 44.8 Å². The van der Waals surface area contributed by atoms with Gasteiger partial charge in [0.1, 0.15) is 11.2 Å². The van der Waals surface area contributed by atoms with Gasteiger partial charge in [-0.15, -0.1) is 0 Å². The zero-order chi connectivity index (χ0) is 21.0. The molecule has 0 amide bonds. The minimum Gasteiger partial charge on any atom is -0.496 e. The van der Waals surface area contributed by atoms with Gasteiger partial charge in [-0.3, -0.25) is 19.2 Å². The molecule has 2 aromatic rings. The molecule has 0 aromatic heterocycles. The van der Waals surface area contributed by atoms with Crippen molar-refractivity contribution in [1.29, 1.82) is 0 Å². The highest BCUT2D eigenvalue weighted by Gasteiger charge is 2.94. The van der Waals surface area contributed by atoms with Gasteiger partial charge in [-0.05, 0) is 6.07 Å². The van der Waals surface area contributed by atoms with E-state index >= 15 is 0 Å². The van der Waals surface area contributed by atoms with E-state index in [0.29, 0.717) is 11.3 Å². The molecule has 0 aliphatic heterocycles. The van der Waals surface area contributed by atoms with Crippen molar-refractivity contribution in [3.8, 4) is 5.75 Å². The maximum atomic E-state index is 13.6. The number of rotatable bonds is 4. The lowest BCUT2D eigenvalue weighted by Gasteiger charge is -2.15. The van der Waals surface area contributed by atoms with Crippen molar-refractivity contribution in [1.82, 2.24) is 0 Å². The highest BCUT2D eigenvalue weighted by Crippen LogP contribution is 2.79. The Balaban J connectivity index is 2.06. The Hall–Kier alpha value is -3.48. The molecule has 0 heterocycles. The van der Waals surface area contributed by atoms with Crippen LogP contribution in [0.15, 0.2) is 48.5 Å². The van der Waals surface area contributed by atoms with E-state index in [-0.39, 0.29) is 11.1 Å². The molecular weight excluding hydrogens is 376 g/mol. The number of benzene rings is 2. The molecule has 2 aromatic carbocycles. The quantitative estimate of drug-likeness (QED) is 0.579. The minimum absolute atomic E-state index is 0.173. The highest BCUT2D eigenvalue weighted by atomic mass is 16.5. The summed E-state index contributed by atoms with van der Waals surface area (Å²) in [4.78, 5) is 53.1. The van der Waals surface area contributed by atoms with Crippen molar-refractivity contribution >= 4 is 23.5 Å². The third kappa shape index (κ3) is 1.97. The van der Waals surface area contributed by atoms with Crippen molar-refractivity contribution < 1.29 is 33.4 Å². The Bertz CT molecular complexity index is 1020. The second-order valence-corrected chi connectivity index (χ2v) is 6.98. The van der Waals surface area contributed by atoms with E-state index in [1.807, 2.05) is 0 Å². The first kappa shape index (κ1) is 18.9. The molecule has 0 bridgehead atoms. The van der Waals surface area contributed by atoms with Gasteiger partial charge >= 0.3 is 11.9 Å². The number of carbonyl (C=O) groups excluding carboxylic acids is 4. The van der Waals surface area contributed by atoms with Gasteiger partial charge in [-0.2, -0.15) is 0 Å². The molecule has 0 radical (unpaired) electrons. The van der Waals surface area contributed by atoms with E-state index in [9.17, 15) is 19.2 Å². The molecule has 1 spiro atoms. The fraction of sp³-hybridized carbons (Fsp3) is 0.273. The monoisotopic (exact) mass is 394 g/mol. The summed E-state index contributed by atoms with van der Waals surface area (Å²) in [5.41, 5.74) is -3.36. The molecule has 148 valence electrons. The maximum absolute atomic E-state index is 13.6. The standard InChI is InChI=1S/C22H18O7/c1-27-15-11-7-6-10-14(15)16-21(22(16,19(25)28-2)20(26)29-3)17(23)12-8-4-5-9-13(12)18(21)24/h4-11,16H,1-3H3/t16-/m0/s1. The van der Waals surface area contributed by atoms with Crippen LogP contribution in [0.1, 0.15) is 32.2 Å². The van der Waals surface area contributed by atoms with E-state index in [0.717, 1.165) is 14.2 Å². The third-order valence-electron chi connectivity index (χ3n) is 6.00. The SMILES string of the molecule is COC(=O)C1(C(=O)OC)[C@@H](c2ccccc2OC)C12C(=O)c1ccccc1C2=O. The summed E-state index contributed by atoms with van der Waals surface area (Å²) >= 11 is 0. The van der Waals surface area contributed by atoms with Crippen molar-refractivity contribution in [2.75, 3.05) is 21.3 Å². The predicted octanol–water partition coefficient (Wildman–Crippen LogP) is 2.19. The molecule has 4 rings (SSSR count). The van der Waals surface area contributed by atoms with E-state index in [1.54, 1.807) is 36.4 Å². The van der Waals surface area contributed by atoms with Crippen LogP contribution in [0.5, 0.6) is 5.75 Å². The average Bonchev–Trinajstić information content (AvgIpc) is 3.36. The number of fused-ring (bicyclic) bond motifs is 1. The third-order valence-corrected chi connectivity index (χ3v) is 6.00. The first-order valence-corrected chi connectivity index (χ1v) is 8.92. The van der Waals surface area contributed by atoms with Crippen LogP contribution in [-0.2, 0) is 19.1 Å². The van der Waals surface area contributed by atoms with Crippen LogP contribution in [0.4, 0.5) is 0 Å². The fourth-order valence-corrected chi connectivity index (χ4v) is 4.84. The van der Waals surface area contributed by atoms with Crippen LogP contribution in [0, 0.1) is 10.8 Å². The fourth-order valence-electron chi connectivity index (χ4n) is 4.84. The molecule has 2 aliphatic rings. The summed E-state index contributed by atoms with van der Waals surface area (Å²) in [5.74, 6) is -3.93. The van der Waals surface area contributed by atoms with Crippen molar-refractivity contribution in [3.63, 3.8) is 0 Å². The van der Waals surface area contributed by atoms with Gasteiger partial charge in [0.15, 0.2) is 17.0 Å². The largest absolute Gasteiger partial charge is 0.496 e. The van der Waals surface area contributed by atoms with Crippen molar-refractivity contribution in [2.45, 2.75) is 5.92 Å². The van der Waals surface area contributed by atoms with Crippen LogP contribution in [0.3, 0.4) is 0 Å². The Labute approximate surface area is 166 Å². The Morgan fingerprint density at radius 1 is 0.793 bits per heavy atom. The van der Waals surface area contributed by atoms with Crippen LogP contribution < -0.4 is 4.74 Å². The highest BCUT2D eigenvalue weighted by molar-refractivity contribution is 6.39. The second-order valence-electron chi connectivity index (χ2n) is 6.98. The molecule has 7 nitrogen and oxygen atoms in total. The Kier molecular flexibility index (Phi) is 4.08. The zero-order valence-corrected chi connectivity index (χ0v) is 16.1. The normalized spacial score (nSPS) is 20.2. The molecule has 29 heavy (non-hydrogen) atoms. The summed E-state index contributed by atoms with van der Waals surface area (Å²) in [6, 6.07) is 12.9. The average molecular weight is 394 g/mol. The van der Waals surface area contributed by atoms with Crippen LogP contribution in [0.2, 0.25) is 0 Å². The second kappa shape index (κ2) is 6.27. The van der Waals surface area contributed by atoms with Crippen molar-refractivity contribution in [2.24, 2.45) is 10.8 Å². The first-order chi connectivity index (χ1) is 13.9. The molecule has 1 saturated carbocycles. The lowest BCUT2D eigenvalue weighted by atomic mass is 9.87. The van der Waals surface area contributed by atoms with Gasteiger partial charge in [0.2, 0.25) is 0 Å². The van der Waals surface area contributed by atoms with Gasteiger partial charge < -0.3 is 14.2 Å². The number of para-hydroxylation sites is 1. The molecule has 1 fully saturated rings. The summed E-state index contributed by atoms with van der Waals surface area (Å²) in [6.45, 7) is 0. The van der Waals surface area contributed by atoms with Gasteiger partial charge in [-0.1, -0.05) is 42.5 Å². The van der Waals surface area contributed by atoms with Crippen LogP contribution in [0.25, 0.3) is 0 Å². The number of Topliss-reactive ketones (excluding diaryl/α,β-unsaturated/α-hetero) is 2. The van der Waals surface area contributed by atoms with Crippen molar-refractivity contribution in [3.05, 3.63) is 65.2 Å². The smallest absolute Gasteiger partial charge is 0.325 e. The van der Waals surface area contributed by atoms with Gasteiger partial charge in [0.25, 0.3) is 0 Å². The summed E-state index contributed by atoms with van der Waals surface area (Å²) in [7, 11) is 3.64.